The lowest BCUT2D eigenvalue weighted by molar-refractivity contribution is -0.120. The van der Waals surface area contributed by atoms with Gasteiger partial charge in [0.1, 0.15) is 0 Å². The standard InChI is InChI=1S/C18H19N3O/c1-12(2)21-15-11-7-6-10-14(15)16(20-17(19)18(21)22)13-8-4-3-5-9-13/h3-12,17H,19H2,1-2H3/t17-/m1/s1. The molecule has 0 unspecified atom stereocenters. The molecule has 4 heteroatoms. The molecule has 1 heterocycles. The fourth-order valence-corrected chi connectivity index (χ4v) is 2.77. The molecule has 22 heavy (non-hydrogen) atoms. The van der Waals surface area contributed by atoms with Crippen LogP contribution < -0.4 is 10.6 Å². The molecule has 1 atom stereocenters. The maximum absolute atomic E-state index is 12.6. The number of nitrogens with two attached hydrogens (primary N) is 1. The molecule has 0 saturated heterocycles. The number of hydrogen-bond acceptors (Lipinski definition) is 3. The first-order valence-corrected chi connectivity index (χ1v) is 7.41. The van der Waals surface area contributed by atoms with Crippen LogP contribution in [-0.2, 0) is 4.79 Å². The molecule has 0 fully saturated rings. The fourth-order valence-electron chi connectivity index (χ4n) is 2.77. The molecular formula is C18H19N3O. The van der Waals surface area contributed by atoms with E-state index in [0.717, 1.165) is 22.5 Å². The van der Waals surface area contributed by atoms with Crippen molar-refractivity contribution >= 4 is 17.3 Å². The van der Waals surface area contributed by atoms with Crippen molar-refractivity contribution in [2.24, 2.45) is 10.7 Å². The number of amides is 1. The maximum atomic E-state index is 12.6. The third-order valence-electron chi connectivity index (χ3n) is 3.74. The molecule has 0 saturated carbocycles. The minimum atomic E-state index is -0.884. The van der Waals surface area contributed by atoms with Crippen LogP contribution in [0, 0.1) is 0 Å². The molecule has 0 aliphatic carbocycles. The van der Waals surface area contributed by atoms with E-state index in [1.54, 1.807) is 4.90 Å². The molecule has 1 aliphatic rings. The van der Waals surface area contributed by atoms with Crippen LogP contribution in [0.2, 0.25) is 0 Å². The number of benzodiazepines with no additional fused rings is 1. The average Bonchev–Trinajstić information content (AvgIpc) is 2.64. The second-order valence-corrected chi connectivity index (χ2v) is 5.61. The average molecular weight is 293 g/mol. The van der Waals surface area contributed by atoms with Gasteiger partial charge in [0, 0.05) is 17.2 Å². The van der Waals surface area contributed by atoms with Crippen LogP contribution in [0.1, 0.15) is 25.0 Å². The van der Waals surface area contributed by atoms with Crippen LogP contribution in [0.4, 0.5) is 5.69 Å². The van der Waals surface area contributed by atoms with Gasteiger partial charge in [-0.2, -0.15) is 0 Å². The van der Waals surface area contributed by atoms with Gasteiger partial charge in [-0.05, 0) is 19.9 Å². The van der Waals surface area contributed by atoms with Crippen molar-refractivity contribution in [1.82, 2.24) is 0 Å². The lowest BCUT2D eigenvalue weighted by Gasteiger charge is -2.28. The smallest absolute Gasteiger partial charge is 0.266 e. The Morgan fingerprint density at radius 3 is 2.36 bits per heavy atom. The summed E-state index contributed by atoms with van der Waals surface area (Å²) in [5.74, 6) is -0.173. The van der Waals surface area contributed by atoms with Crippen molar-refractivity contribution in [3.05, 3.63) is 65.7 Å². The predicted octanol–water partition coefficient (Wildman–Crippen LogP) is 2.56. The number of benzene rings is 2. The summed E-state index contributed by atoms with van der Waals surface area (Å²) >= 11 is 0. The second kappa shape index (κ2) is 5.73. The lowest BCUT2D eigenvalue weighted by atomic mass is 10.00. The maximum Gasteiger partial charge on any atom is 0.266 e. The second-order valence-electron chi connectivity index (χ2n) is 5.61. The largest absolute Gasteiger partial charge is 0.306 e. The van der Waals surface area contributed by atoms with Crippen molar-refractivity contribution in [2.45, 2.75) is 26.1 Å². The van der Waals surface area contributed by atoms with Crippen LogP contribution >= 0.6 is 0 Å². The zero-order valence-corrected chi connectivity index (χ0v) is 12.7. The fraction of sp³-hybridized carbons (Fsp3) is 0.222. The summed E-state index contributed by atoms with van der Waals surface area (Å²) in [4.78, 5) is 18.9. The molecule has 112 valence electrons. The number of anilines is 1. The van der Waals surface area contributed by atoms with E-state index in [4.69, 9.17) is 5.73 Å². The molecule has 2 aromatic carbocycles. The summed E-state index contributed by atoms with van der Waals surface area (Å²) in [7, 11) is 0. The molecule has 2 aromatic rings. The van der Waals surface area contributed by atoms with E-state index in [9.17, 15) is 4.79 Å². The molecular weight excluding hydrogens is 274 g/mol. The molecule has 2 N–H and O–H groups in total. The number of para-hydroxylation sites is 1. The Morgan fingerprint density at radius 2 is 1.68 bits per heavy atom. The van der Waals surface area contributed by atoms with Crippen molar-refractivity contribution < 1.29 is 4.79 Å². The van der Waals surface area contributed by atoms with Gasteiger partial charge in [-0.15, -0.1) is 0 Å². The quantitative estimate of drug-likeness (QED) is 0.925. The van der Waals surface area contributed by atoms with E-state index in [2.05, 4.69) is 4.99 Å². The van der Waals surface area contributed by atoms with Gasteiger partial charge >= 0.3 is 0 Å². The molecule has 0 radical (unpaired) electrons. The van der Waals surface area contributed by atoms with Crippen LogP contribution in [0.15, 0.2) is 59.6 Å². The van der Waals surface area contributed by atoms with E-state index >= 15 is 0 Å². The summed E-state index contributed by atoms with van der Waals surface area (Å²) in [6.07, 6.45) is -0.884. The number of aliphatic imine (C=N–C) groups is 1. The van der Waals surface area contributed by atoms with Gasteiger partial charge in [0.25, 0.3) is 5.91 Å². The summed E-state index contributed by atoms with van der Waals surface area (Å²) in [5, 5.41) is 0. The number of carbonyl (C=O) groups is 1. The Morgan fingerprint density at radius 1 is 1.05 bits per heavy atom. The van der Waals surface area contributed by atoms with Crippen LogP contribution in [0.5, 0.6) is 0 Å². The molecule has 1 aliphatic heterocycles. The Kier molecular flexibility index (Phi) is 3.77. The predicted molar refractivity (Wildman–Crippen MR) is 89.1 cm³/mol. The van der Waals surface area contributed by atoms with Crippen molar-refractivity contribution in [3.63, 3.8) is 0 Å². The van der Waals surface area contributed by atoms with Crippen molar-refractivity contribution in [3.8, 4) is 0 Å². The van der Waals surface area contributed by atoms with Crippen molar-refractivity contribution in [2.75, 3.05) is 4.90 Å². The highest BCUT2D eigenvalue weighted by atomic mass is 16.2. The third kappa shape index (κ3) is 2.42. The first-order chi connectivity index (χ1) is 10.6. The van der Waals surface area contributed by atoms with Gasteiger partial charge in [-0.25, -0.2) is 0 Å². The monoisotopic (exact) mass is 293 g/mol. The van der Waals surface area contributed by atoms with E-state index in [1.807, 2.05) is 68.4 Å². The van der Waals surface area contributed by atoms with E-state index in [1.165, 1.54) is 0 Å². The Labute approximate surface area is 130 Å². The van der Waals surface area contributed by atoms with Gasteiger partial charge < -0.3 is 10.6 Å². The topological polar surface area (TPSA) is 58.7 Å². The van der Waals surface area contributed by atoms with Gasteiger partial charge in [-0.1, -0.05) is 48.5 Å². The van der Waals surface area contributed by atoms with Crippen LogP contribution in [0.25, 0.3) is 0 Å². The van der Waals surface area contributed by atoms with Crippen LogP contribution in [0.3, 0.4) is 0 Å². The number of carbonyl (C=O) groups excluding carboxylic acids is 1. The highest BCUT2D eigenvalue weighted by Gasteiger charge is 2.31. The molecule has 4 nitrogen and oxygen atoms in total. The van der Waals surface area contributed by atoms with Gasteiger partial charge in [0.15, 0.2) is 6.17 Å². The Bertz CT molecular complexity index is 722. The van der Waals surface area contributed by atoms with Gasteiger partial charge in [0.05, 0.1) is 11.4 Å². The highest BCUT2D eigenvalue weighted by molar-refractivity contribution is 6.20. The van der Waals surface area contributed by atoms with Gasteiger partial charge in [0.2, 0.25) is 0 Å². The van der Waals surface area contributed by atoms with E-state index < -0.39 is 6.17 Å². The number of rotatable bonds is 2. The van der Waals surface area contributed by atoms with Gasteiger partial charge in [-0.3, -0.25) is 9.79 Å². The normalized spacial score (nSPS) is 18.0. The minimum Gasteiger partial charge on any atom is -0.306 e. The first kappa shape index (κ1) is 14.5. The lowest BCUT2D eigenvalue weighted by Crippen LogP contribution is -2.45. The van der Waals surface area contributed by atoms with E-state index in [-0.39, 0.29) is 11.9 Å². The Hall–Kier alpha value is -2.46. The first-order valence-electron chi connectivity index (χ1n) is 7.41. The number of hydrogen-bond donors (Lipinski definition) is 1. The summed E-state index contributed by atoms with van der Waals surface area (Å²) < 4.78 is 0. The van der Waals surface area contributed by atoms with E-state index in [0.29, 0.717) is 0 Å². The zero-order valence-electron chi connectivity index (χ0n) is 12.7. The SMILES string of the molecule is CC(C)N1C(=O)[C@H](N)N=C(c2ccccc2)c2ccccc21. The number of nitrogens with zero attached hydrogens (tertiary/aromatic N) is 2. The Balaban J connectivity index is 2.24. The number of fused-ring (bicyclic) bond motifs is 1. The molecule has 0 spiro atoms. The molecule has 0 aromatic heterocycles. The summed E-state index contributed by atoms with van der Waals surface area (Å²) in [6.45, 7) is 3.96. The molecule has 3 rings (SSSR count). The summed E-state index contributed by atoms with van der Waals surface area (Å²) in [5.41, 5.74) is 9.55. The molecule has 0 bridgehead atoms. The summed E-state index contributed by atoms with van der Waals surface area (Å²) in [6, 6.07) is 17.7. The molecule has 1 amide bonds. The minimum absolute atomic E-state index is 0.0185. The highest BCUT2D eigenvalue weighted by Crippen LogP contribution is 2.29. The zero-order chi connectivity index (χ0) is 15.7. The van der Waals surface area contributed by atoms with Crippen molar-refractivity contribution in [1.29, 1.82) is 0 Å². The van der Waals surface area contributed by atoms with Crippen LogP contribution in [-0.4, -0.2) is 23.8 Å². The third-order valence-corrected chi connectivity index (χ3v) is 3.74.